The first kappa shape index (κ1) is 23.5. The number of nitrogens with zero attached hydrogens (tertiary/aromatic N) is 3. The maximum atomic E-state index is 2.82. The minimum absolute atomic E-state index is 0.894. The standard InChI is InChI=1S/C14H27N.C12H24N2/c1-3-12(2)11-15-10-6-8-13-7-4-5-9-14(13)15;1-13(2)10-14-9-5-7-11-6-3-4-8-12(11)14/h12-14H,3-11H2,1-2H3;11-12H,3-10H2,1-2H3. The van der Waals surface area contributed by atoms with Crippen molar-refractivity contribution in [3.8, 4) is 0 Å². The summed E-state index contributed by atoms with van der Waals surface area (Å²) in [7, 11) is 4.37. The Bertz CT molecular complexity index is 447. The minimum Gasteiger partial charge on any atom is -0.300 e. The highest BCUT2D eigenvalue weighted by Gasteiger charge is 2.34. The summed E-state index contributed by atoms with van der Waals surface area (Å²) in [5.41, 5.74) is 0. The van der Waals surface area contributed by atoms with E-state index in [0.29, 0.717) is 0 Å². The lowest BCUT2D eigenvalue weighted by Crippen LogP contribution is -2.49. The van der Waals surface area contributed by atoms with Gasteiger partial charge in [-0.15, -0.1) is 0 Å². The summed E-state index contributed by atoms with van der Waals surface area (Å²) in [6.07, 6.45) is 19.1. The van der Waals surface area contributed by atoms with Gasteiger partial charge < -0.3 is 0 Å². The molecule has 0 aromatic carbocycles. The van der Waals surface area contributed by atoms with Gasteiger partial charge in [-0.1, -0.05) is 46.0 Å². The van der Waals surface area contributed by atoms with Gasteiger partial charge in [0.15, 0.2) is 0 Å². The number of hydrogen-bond donors (Lipinski definition) is 0. The van der Waals surface area contributed by atoms with Crippen molar-refractivity contribution in [3.63, 3.8) is 0 Å². The first-order chi connectivity index (χ1) is 14.1. The Kier molecular flexibility index (Phi) is 9.78. The van der Waals surface area contributed by atoms with Crippen LogP contribution in [0.25, 0.3) is 0 Å². The Labute approximate surface area is 182 Å². The third-order valence-corrected chi connectivity index (χ3v) is 8.42. The molecule has 0 aromatic rings. The molecule has 0 radical (unpaired) electrons. The average Bonchev–Trinajstić information content (AvgIpc) is 2.74. The summed E-state index contributed by atoms with van der Waals surface area (Å²) >= 11 is 0. The smallest absolute Gasteiger partial charge is 0.0503 e. The van der Waals surface area contributed by atoms with E-state index in [1.165, 1.54) is 110 Å². The van der Waals surface area contributed by atoms with Crippen molar-refractivity contribution in [2.45, 2.75) is 109 Å². The van der Waals surface area contributed by atoms with Crippen LogP contribution in [0.1, 0.15) is 97.3 Å². The number of fused-ring (bicyclic) bond motifs is 2. The van der Waals surface area contributed by atoms with Gasteiger partial charge in [0.2, 0.25) is 0 Å². The Morgan fingerprint density at radius 3 is 1.76 bits per heavy atom. The van der Waals surface area contributed by atoms with Gasteiger partial charge in [0.1, 0.15) is 0 Å². The fraction of sp³-hybridized carbons (Fsp3) is 1.00. The molecule has 170 valence electrons. The molecular formula is C26H51N3. The van der Waals surface area contributed by atoms with E-state index in [1.54, 1.807) is 0 Å². The lowest BCUT2D eigenvalue weighted by molar-refractivity contribution is 0.0285. The van der Waals surface area contributed by atoms with E-state index in [2.05, 4.69) is 42.6 Å². The molecule has 0 spiro atoms. The zero-order valence-corrected chi connectivity index (χ0v) is 20.2. The van der Waals surface area contributed by atoms with Crippen molar-refractivity contribution in [1.82, 2.24) is 14.7 Å². The summed E-state index contributed by atoms with van der Waals surface area (Å²) < 4.78 is 0. The van der Waals surface area contributed by atoms with Gasteiger partial charge in [0.05, 0.1) is 6.67 Å². The summed E-state index contributed by atoms with van der Waals surface area (Å²) in [6.45, 7) is 9.98. The SMILES string of the molecule is CCC(C)CN1CCCC2CCCCC21.CN(C)CN1CCCC2CCCCC21. The van der Waals surface area contributed by atoms with Crippen molar-refractivity contribution in [2.24, 2.45) is 17.8 Å². The molecule has 2 saturated carbocycles. The molecule has 0 N–H and O–H groups in total. The second-order valence-corrected chi connectivity index (χ2v) is 11.1. The summed E-state index contributed by atoms with van der Waals surface area (Å²) in [6, 6.07) is 1.88. The summed E-state index contributed by atoms with van der Waals surface area (Å²) in [5, 5.41) is 0. The summed E-state index contributed by atoms with van der Waals surface area (Å²) in [5.74, 6) is 2.97. The number of piperidine rings is 2. The van der Waals surface area contributed by atoms with Crippen LogP contribution in [-0.2, 0) is 0 Å². The quantitative estimate of drug-likeness (QED) is 0.568. The number of rotatable bonds is 5. The molecule has 2 aliphatic carbocycles. The Hall–Kier alpha value is -0.120. The van der Waals surface area contributed by atoms with Crippen molar-refractivity contribution >= 4 is 0 Å². The van der Waals surface area contributed by atoms with Crippen LogP contribution in [0.4, 0.5) is 0 Å². The van der Waals surface area contributed by atoms with Gasteiger partial charge >= 0.3 is 0 Å². The maximum absolute atomic E-state index is 2.82. The fourth-order valence-electron chi connectivity index (χ4n) is 6.75. The van der Waals surface area contributed by atoms with E-state index >= 15 is 0 Å². The first-order valence-corrected chi connectivity index (χ1v) is 13.2. The molecule has 2 heterocycles. The molecule has 0 aromatic heterocycles. The van der Waals surface area contributed by atoms with Crippen LogP contribution in [0.2, 0.25) is 0 Å². The molecule has 5 unspecified atom stereocenters. The average molecular weight is 406 g/mol. The predicted molar refractivity (Wildman–Crippen MR) is 126 cm³/mol. The van der Waals surface area contributed by atoms with Crippen molar-refractivity contribution < 1.29 is 0 Å². The lowest BCUT2D eigenvalue weighted by Gasteiger charge is -2.45. The van der Waals surface area contributed by atoms with Crippen LogP contribution < -0.4 is 0 Å². The van der Waals surface area contributed by atoms with Crippen LogP contribution in [-0.4, -0.2) is 67.2 Å². The molecular weight excluding hydrogens is 354 g/mol. The Morgan fingerprint density at radius 1 is 0.724 bits per heavy atom. The molecule has 0 bridgehead atoms. The molecule has 4 rings (SSSR count). The number of likely N-dealkylation sites (tertiary alicyclic amines) is 2. The van der Waals surface area contributed by atoms with Gasteiger partial charge in [-0.05, 0) is 96.3 Å². The highest BCUT2D eigenvalue weighted by atomic mass is 15.3. The van der Waals surface area contributed by atoms with Crippen LogP contribution in [0, 0.1) is 17.8 Å². The molecule has 2 saturated heterocycles. The minimum atomic E-state index is 0.894. The number of hydrogen-bond acceptors (Lipinski definition) is 3. The third kappa shape index (κ3) is 6.94. The highest BCUT2D eigenvalue weighted by Crippen LogP contribution is 2.36. The molecule has 3 heteroatoms. The lowest BCUT2D eigenvalue weighted by atomic mass is 9.78. The summed E-state index contributed by atoms with van der Waals surface area (Å²) in [4.78, 5) is 7.85. The zero-order valence-electron chi connectivity index (χ0n) is 20.2. The highest BCUT2D eigenvalue weighted by molar-refractivity contribution is 4.88. The van der Waals surface area contributed by atoms with E-state index in [4.69, 9.17) is 0 Å². The van der Waals surface area contributed by atoms with Crippen molar-refractivity contribution in [1.29, 1.82) is 0 Å². The van der Waals surface area contributed by atoms with Crippen LogP contribution in [0.3, 0.4) is 0 Å². The second kappa shape index (κ2) is 12.1. The third-order valence-electron chi connectivity index (χ3n) is 8.42. The molecule has 29 heavy (non-hydrogen) atoms. The maximum Gasteiger partial charge on any atom is 0.0503 e. The van der Waals surface area contributed by atoms with E-state index in [1.807, 2.05) is 0 Å². The Morgan fingerprint density at radius 2 is 1.21 bits per heavy atom. The monoisotopic (exact) mass is 405 g/mol. The Balaban J connectivity index is 0.000000166. The molecule has 0 amide bonds. The predicted octanol–water partition coefficient (Wildman–Crippen LogP) is 5.85. The molecule has 4 aliphatic rings. The van der Waals surface area contributed by atoms with E-state index in [0.717, 1.165) is 29.8 Å². The normalized spacial score (nSPS) is 34.7. The van der Waals surface area contributed by atoms with Gasteiger partial charge in [0.25, 0.3) is 0 Å². The van der Waals surface area contributed by atoms with E-state index in [9.17, 15) is 0 Å². The molecule has 4 fully saturated rings. The second-order valence-electron chi connectivity index (χ2n) is 11.1. The molecule has 3 nitrogen and oxygen atoms in total. The van der Waals surface area contributed by atoms with Crippen LogP contribution >= 0.6 is 0 Å². The molecule has 2 aliphatic heterocycles. The van der Waals surface area contributed by atoms with Crippen molar-refractivity contribution in [2.75, 3.05) is 40.4 Å². The largest absolute Gasteiger partial charge is 0.300 e. The first-order valence-electron chi connectivity index (χ1n) is 13.2. The van der Waals surface area contributed by atoms with Crippen LogP contribution in [0.5, 0.6) is 0 Å². The van der Waals surface area contributed by atoms with Gasteiger partial charge in [-0.25, -0.2) is 0 Å². The van der Waals surface area contributed by atoms with Gasteiger partial charge in [-0.3, -0.25) is 14.7 Å². The van der Waals surface area contributed by atoms with Crippen LogP contribution in [0.15, 0.2) is 0 Å². The van der Waals surface area contributed by atoms with Gasteiger partial charge in [0, 0.05) is 18.6 Å². The van der Waals surface area contributed by atoms with Crippen molar-refractivity contribution in [3.05, 3.63) is 0 Å². The van der Waals surface area contributed by atoms with E-state index in [-0.39, 0.29) is 0 Å². The van der Waals surface area contributed by atoms with Gasteiger partial charge in [-0.2, -0.15) is 0 Å². The van der Waals surface area contributed by atoms with E-state index < -0.39 is 0 Å². The molecule has 5 atom stereocenters. The topological polar surface area (TPSA) is 9.72 Å². The fourth-order valence-corrected chi connectivity index (χ4v) is 6.75. The zero-order chi connectivity index (χ0) is 20.6.